The first kappa shape index (κ1) is 20.6. The van der Waals surface area contributed by atoms with Gasteiger partial charge in [0.15, 0.2) is 5.69 Å². The fraction of sp³-hybridized carbons (Fsp3) is 0.115. The lowest BCUT2D eigenvalue weighted by atomic mass is 10.1. The third kappa shape index (κ3) is 3.29. The molecular formula is C26H21FN4O2. The lowest BCUT2D eigenvalue weighted by molar-refractivity contribution is 0.0988. The van der Waals surface area contributed by atoms with Crippen molar-refractivity contribution in [1.29, 1.82) is 0 Å². The van der Waals surface area contributed by atoms with Crippen molar-refractivity contribution in [3.8, 4) is 5.69 Å². The van der Waals surface area contributed by atoms with Crippen LogP contribution in [-0.4, -0.2) is 27.3 Å². The number of hydrogen-bond acceptors (Lipinski definition) is 3. The molecule has 0 aliphatic heterocycles. The molecule has 1 amide bonds. The summed E-state index contributed by atoms with van der Waals surface area (Å²) in [5.74, 6) is -0.786. The average molecular weight is 440 g/mol. The summed E-state index contributed by atoms with van der Waals surface area (Å²) >= 11 is 0. The van der Waals surface area contributed by atoms with Gasteiger partial charge in [-0.3, -0.25) is 9.59 Å². The third-order valence-electron chi connectivity index (χ3n) is 5.94. The minimum Gasteiger partial charge on any atom is -0.339 e. The van der Waals surface area contributed by atoms with Crippen molar-refractivity contribution in [2.75, 3.05) is 11.9 Å². The van der Waals surface area contributed by atoms with E-state index >= 15 is 0 Å². The molecule has 7 heteroatoms. The van der Waals surface area contributed by atoms with Crippen molar-refractivity contribution >= 4 is 33.4 Å². The van der Waals surface area contributed by atoms with Gasteiger partial charge in [0.05, 0.1) is 5.69 Å². The maximum absolute atomic E-state index is 13.7. The van der Waals surface area contributed by atoms with E-state index in [0.29, 0.717) is 22.3 Å². The van der Waals surface area contributed by atoms with E-state index in [-0.39, 0.29) is 17.1 Å². The molecule has 2 aromatic heterocycles. The molecule has 3 aromatic carbocycles. The Morgan fingerprint density at radius 2 is 1.64 bits per heavy atom. The van der Waals surface area contributed by atoms with Gasteiger partial charge in [0.2, 0.25) is 0 Å². The van der Waals surface area contributed by atoms with Gasteiger partial charge in [-0.15, -0.1) is 0 Å². The second-order valence-corrected chi connectivity index (χ2v) is 8.04. The van der Waals surface area contributed by atoms with Crippen molar-refractivity contribution < 1.29 is 9.18 Å². The molecule has 0 N–H and O–H groups in total. The molecule has 2 heterocycles. The van der Waals surface area contributed by atoms with Crippen LogP contribution in [0.2, 0.25) is 0 Å². The number of para-hydroxylation sites is 1. The van der Waals surface area contributed by atoms with E-state index in [9.17, 15) is 14.0 Å². The number of aryl methyl sites for hydroxylation is 2. The van der Waals surface area contributed by atoms with Crippen molar-refractivity contribution in [1.82, 2.24) is 14.3 Å². The first-order chi connectivity index (χ1) is 15.9. The Morgan fingerprint density at radius 1 is 0.970 bits per heavy atom. The minimum absolute atomic E-state index is 0.147. The van der Waals surface area contributed by atoms with Gasteiger partial charge in [-0.2, -0.15) is 9.78 Å². The van der Waals surface area contributed by atoms with Crippen molar-refractivity contribution in [3.05, 3.63) is 100 Å². The quantitative estimate of drug-likeness (QED) is 0.412. The highest BCUT2D eigenvalue weighted by atomic mass is 19.1. The van der Waals surface area contributed by atoms with E-state index in [0.717, 1.165) is 16.5 Å². The van der Waals surface area contributed by atoms with E-state index in [2.05, 4.69) is 5.10 Å². The highest BCUT2D eigenvalue weighted by Gasteiger charge is 2.26. The molecule has 0 fully saturated rings. The molecule has 33 heavy (non-hydrogen) atoms. The summed E-state index contributed by atoms with van der Waals surface area (Å²) in [5.41, 5.74) is 3.18. The number of anilines is 1. The molecule has 0 atom stereocenters. The topological polar surface area (TPSA) is 60.1 Å². The highest BCUT2D eigenvalue weighted by molar-refractivity contribution is 6.20. The van der Waals surface area contributed by atoms with E-state index in [1.807, 2.05) is 50.4 Å². The molecule has 0 radical (unpaired) electrons. The number of amides is 1. The van der Waals surface area contributed by atoms with E-state index in [4.69, 9.17) is 0 Å². The fourth-order valence-electron chi connectivity index (χ4n) is 4.13. The Kier molecular flexibility index (Phi) is 4.82. The van der Waals surface area contributed by atoms with E-state index < -0.39 is 5.91 Å². The lowest BCUT2D eigenvalue weighted by Crippen LogP contribution is -2.31. The summed E-state index contributed by atoms with van der Waals surface area (Å²) in [4.78, 5) is 28.7. The van der Waals surface area contributed by atoms with Crippen molar-refractivity contribution in [2.45, 2.75) is 6.92 Å². The molecule has 0 saturated carbocycles. The van der Waals surface area contributed by atoms with Crippen LogP contribution in [0.15, 0.2) is 77.6 Å². The Bertz CT molecular complexity index is 1580. The molecule has 0 saturated heterocycles. The maximum Gasteiger partial charge on any atom is 0.296 e. The number of fused-ring (bicyclic) bond motifs is 3. The highest BCUT2D eigenvalue weighted by Crippen LogP contribution is 2.29. The molecule has 0 bridgehead atoms. The molecular weight excluding hydrogens is 419 g/mol. The third-order valence-corrected chi connectivity index (χ3v) is 5.94. The summed E-state index contributed by atoms with van der Waals surface area (Å²) in [7, 11) is 3.42. The van der Waals surface area contributed by atoms with Crippen LogP contribution in [0.4, 0.5) is 10.1 Å². The van der Waals surface area contributed by atoms with Gasteiger partial charge in [-0.1, -0.05) is 35.9 Å². The van der Waals surface area contributed by atoms with E-state index in [1.54, 1.807) is 23.7 Å². The molecule has 164 valence electrons. The molecule has 0 unspecified atom stereocenters. The van der Waals surface area contributed by atoms with Crippen LogP contribution < -0.4 is 10.5 Å². The van der Waals surface area contributed by atoms with Gasteiger partial charge in [-0.25, -0.2) is 4.39 Å². The largest absolute Gasteiger partial charge is 0.339 e. The first-order valence-electron chi connectivity index (χ1n) is 10.5. The zero-order valence-corrected chi connectivity index (χ0v) is 18.4. The van der Waals surface area contributed by atoms with Gasteiger partial charge >= 0.3 is 0 Å². The fourth-order valence-corrected chi connectivity index (χ4v) is 4.13. The lowest BCUT2D eigenvalue weighted by Gasteiger charge is -2.18. The summed E-state index contributed by atoms with van der Waals surface area (Å²) in [6, 6.07) is 20.6. The van der Waals surface area contributed by atoms with Crippen LogP contribution in [0.1, 0.15) is 16.1 Å². The molecule has 0 aliphatic rings. The Hall–Kier alpha value is -4.26. The first-order valence-corrected chi connectivity index (χ1v) is 10.5. The summed E-state index contributed by atoms with van der Waals surface area (Å²) in [6.07, 6.45) is 0. The Labute approximate surface area is 189 Å². The van der Waals surface area contributed by atoms with Gasteiger partial charge < -0.3 is 9.47 Å². The number of rotatable bonds is 3. The SMILES string of the molecule is Cc1ccc(-n2nc(C(=O)N(C)c3ccc(F)cc3)c3c4ccccc4n(C)c3c2=O)cc1. The second-order valence-electron chi connectivity index (χ2n) is 8.04. The van der Waals surface area contributed by atoms with Crippen LogP contribution >= 0.6 is 0 Å². The predicted octanol–water partition coefficient (Wildman–Crippen LogP) is 4.60. The number of carbonyl (C=O) groups is 1. The maximum atomic E-state index is 13.7. The number of halogens is 1. The summed E-state index contributed by atoms with van der Waals surface area (Å²) in [6.45, 7) is 1.96. The molecule has 5 aromatic rings. The number of carbonyl (C=O) groups excluding carboxylic acids is 1. The van der Waals surface area contributed by atoms with Gasteiger partial charge in [0.1, 0.15) is 11.3 Å². The number of nitrogens with zero attached hydrogens (tertiary/aromatic N) is 4. The standard InChI is InChI=1S/C26H21FN4O2/c1-16-8-12-19(13-9-16)31-26(33)24-22(20-6-4-5-7-21(20)30(24)3)23(28-31)25(32)29(2)18-14-10-17(27)11-15-18/h4-15H,1-3H3. The normalized spacial score (nSPS) is 11.3. The van der Waals surface area contributed by atoms with Crippen molar-refractivity contribution in [3.63, 3.8) is 0 Å². The van der Waals surface area contributed by atoms with Crippen LogP contribution in [0.5, 0.6) is 0 Å². The van der Waals surface area contributed by atoms with Crippen LogP contribution in [0.25, 0.3) is 27.5 Å². The van der Waals surface area contributed by atoms with Crippen LogP contribution in [0, 0.1) is 12.7 Å². The monoisotopic (exact) mass is 440 g/mol. The predicted molar refractivity (Wildman–Crippen MR) is 128 cm³/mol. The number of aromatic nitrogens is 3. The number of benzene rings is 3. The van der Waals surface area contributed by atoms with Crippen LogP contribution in [-0.2, 0) is 7.05 Å². The zero-order chi connectivity index (χ0) is 23.3. The number of hydrogen-bond donors (Lipinski definition) is 0. The van der Waals surface area contributed by atoms with Gasteiger partial charge in [-0.05, 0) is 49.4 Å². The molecule has 6 nitrogen and oxygen atoms in total. The van der Waals surface area contributed by atoms with E-state index in [1.165, 1.54) is 33.8 Å². The Balaban J connectivity index is 1.82. The second kappa shape index (κ2) is 7.70. The van der Waals surface area contributed by atoms with Gasteiger partial charge in [0.25, 0.3) is 11.5 Å². The summed E-state index contributed by atoms with van der Waals surface area (Å²) in [5, 5.41) is 5.82. The smallest absolute Gasteiger partial charge is 0.296 e. The molecule has 5 rings (SSSR count). The summed E-state index contributed by atoms with van der Waals surface area (Å²) < 4.78 is 16.5. The van der Waals surface area contributed by atoms with Crippen molar-refractivity contribution in [2.24, 2.45) is 7.05 Å². The minimum atomic E-state index is -0.399. The zero-order valence-electron chi connectivity index (χ0n) is 18.4. The van der Waals surface area contributed by atoms with Crippen LogP contribution in [0.3, 0.4) is 0 Å². The molecule has 0 aliphatic carbocycles. The molecule has 0 spiro atoms. The Morgan fingerprint density at radius 3 is 2.33 bits per heavy atom. The van der Waals surface area contributed by atoms with Gasteiger partial charge in [0, 0.05) is 36.1 Å². The average Bonchev–Trinajstić information content (AvgIpc) is 3.13.